The summed E-state index contributed by atoms with van der Waals surface area (Å²) in [5, 5.41) is 42.9. The van der Waals surface area contributed by atoms with Crippen LogP contribution >= 0.6 is 0 Å². The average molecular weight is 491 g/mol. The van der Waals surface area contributed by atoms with E-state index >= 15 is 0 Å². The first kappa shape index (κ1) is 30.2. The number of carboxylic acid groups (broad SMARTS) is 3. The van der Waals surface area contributed by atoms with Crippen molar-refractivity contribution in [2.24, 2.45) is 11.5 Å². The fourth-order valence-electron chi connectivity index (χ4n) is 2.56. The molecule has 4 amide bonds. The number of amides is 4. The molecule has 0 aromatic rings. The van der Waals surface area contributed by atoms with Crippen LogP contribution in [0, 0.1) is 0 Å². The van der Waals surface area contributed by atoms with E-state index in [1.54, 1.807) is 0 Å². The van der Waals surface area contributed by atoms with Gasteiger partial charge in [-0.25, -0.2) is 4.79 Å². The Morgan fingerprint density at radius 3 is 1.74 bits per heavy atom. The Labute approximate surface area is 193 Å². The van der Waals surface area contributed by atoms with Crippen molar-refractivity contribution in [1.82, 2.24) is 16.0 Å². The van der Waals surface area contributed by atoms with Crippen LogP contribution in [0.5, 0.6) is 0 Å². The summed E-state index contributed by atoms with van der Waals surface area (Å²) in [5.74, 6) is -8.41. The van der Waals surface area contributed by atoms with Crippen molar-refractivity contribution < 1.29 is 54.0 Å². The largest absolute Gasteiger partial charge is 0.481 e. The van der Waals surface area contributed by atoms with Crippen molar-refractivity contribution >= 4 is 41.5 Å². The van der Waals surface area contributed by atoms with Gasteiger partial charge in [0.1, 0.15) is 18.1 Å². The Kier molecular flexibility index (Phi) is 12.8. The second-order valence-corrected chi connectivity index (χ2v) is 7.33. The molecule has 5 atom stereocenters. The van der Waals surface area contributed by atoms with Crippen molar-refractivity contribution in [2.45, 2.75) is 69.3 Å². The summed E-state index contributed by atoms with van der Waals surface area (Å²) >= 11 is 0. The van der Waals surface area contributed by atoms with E-state index in [1.165, 1.54) is 0 Å². The lowest BCUT2D eigenvalue weighted by molar-refractivity contribution is -0.143. The van der Waals surface area contributed by atoms with Gasteiger partial charge in [-0.05, 0) is 19.8 Å². The number of primary amides is 1. The number of aliphatic hydroxyl groups excluding tert-OH is 1. The van der Waals surface area contributed by atoms with Gasteiger partial charge in [0, 0.05) is 12.8 Å². The van der Waals surface area contributed by atoms with Crippen LogP contribution < -0.4 is 27.4 Å². The molecule has 0 aromatic heterocycles. The smallest absolute Gasteiger partial charge is 0.326 e. The summed E-state index contributed by atoms with van der Waals surface area (Å²) in [6.07, 6.45) is -4.17. The van der Waals surface area contributed by atoms with Crippen LogP contribution in [0.2, 0.25) is 0 Å². The maximum atomic E-state index is 12.6. The van der Waals surface area contributed by atoms with Crippen LogP contribution in [0.3, 0.4) is 0 Å². The van der Waals surface area contributed by atoms with Gasteiger partial charge in [-0.15, -0.1) is 0 Å². The molecule has 0 spiro atoms. The van der Waals surface area contributed by atoms with Crippen molar-refractivity contribution in [3.63, 3.8) is 0 Å². The first-order valence-electron chi connectivity index (χ1n) is 9.95. The molecule has 0 saturated carbocycles. The predicted octanol–water partition coefficient (Wildman–Crippen LogP) is -4.16. The fourth-order valence-corrected chi connectivity index (χ4v) is 2.56. The van der Waals surface area contributed by atoms with Crippen molar-refractivity contribution in [2.75, 3.05) is 0 Å². The third-order valence-corrected chi connectivity index (χ3v) is 4.37. The summed E-state index contributed by atoms with van der Waals surface area (Å²) in [5.41, 5.74) is 10.4. The fraction of sp³-hybridized carbons (Fsp3) is 0.611. The SMILES string of the molecule is CC(O)C(NC(=O)C(CCC(=O)O)NC(=O)C(N)CC(=O)O)C(=O)NC(CCC(N)=O)C(=O)O. The van der Waals surface area contributed by atoms with Crippen LogP contribution in [0.1, 0.15) is 39.0 Å². The number of carbonyl (C=O) groups is 7. The lowest BCUT2D eigenvalue weighted by atomic mass is 10.1. The molecule has 0 aliphatic heterocycles. The molecule has 5 unspecified atom stereocenters. The predicted molar refractivity (Wildman–Crippen MR) is 111 cm³/mol. The molecule has 0 fully saturated rings. The minimum absolute atomic E-state index is 0.365. The number of carboxylic acids is 3. The molecule has 0 bridgehead atoms. The van der Waals surface area contributed by atoms with E-state index in [1.807, 2.05) is 5.32 Å². The Bertz CT molecular complexity index is 801. The molecule has 0 saturated heterocycles. The Hall–Kier alpha value is -3.79. The van der Waals surface area contributed by atoms with E-state index in [9.17, 15) is 43.8 Å². The van der Waals surface area contributed by atoms with Gasteiger partial charge in [0.05, 0.1) is 18.6 Å². The van der Waals surface area contributed by atoms with E-state index in [2.05, 4.69) is 10.6 Å². The average Bonchev–Trinajstić information content (AvgIpc) is 2.70. The van der Waals surface area contributed by atoms with Gasteiger partial charge in [0.2, 0.25) is 23.6 Å². The lowest BCUT2D eigenvalue weighted by Gasteiger charge is -2.26. The lowest BCUT2D eigenvalue weighted by Crippen LogP contribution is -2.60. The topological polar surface area (TPSA) is 289 Å². The normalized spacial score (nSPS) is 15.0. The summed E-state index contributed by atoms with van der Waals surface area (Å²) in [6.45, 7) is 1.09. The van der Waals surface area contributed by atoms with E-state index in [4.69, 9.17) is 21.7 Å². The van der Waals surface area contributed by atoms with Gasteiger partial charge in [0.15, 0.2) is 0 Å². The maximum absolute atomic E-state index is 12.6. The molecular weight excluding hydrogens is 462 g/mol. The minimum atomic E-state index is -1.74. The van der Waals surface area contributed by atoms with Gasteiger partial charge in [-0.2, -0.15) is 0 Å². The quantitative estimate of drug-likeness (QED) is 0.0993. The molecule has 0 aliphatic rings. The maximum Gasteiger partial charge on any atom is 0.326 e. The van der Waals surface area contributed by atoms with Gasteiger partial charge < -0.3 is 47.8 Å². The molecule has 11 N–H and O–H groups in total. The number of nitrogens with two attached hydrogens (primary N) is 2. The van der Waals surface area contributed by atoms with Crippen molar-refractivity contribution in [3.8, 4) is 0 Å². The number of carbonyl (C=O) groups excluding carboxylic acids is 4. The number of aliphatic carboxylic acids is 3. The van der Waals surface area contributed by atoms with Crippen LogP contribution in [0.15, 0.2) is 0 Å². The van der Waals surface area contributed by atoms with E-state index in [0.717, 1.165) is 6.92 Å². The number of rotatable bonds is 16. The second kappa shape index (κ2) is 14.4. The van der Waals surface area contributed by atoms with E-state index in [-0.39, 0.29) is 12.8 Å². The Morgan fingerprint density at radius 1 is 0.765 bits per heavy atom. The highest BCUT2D eigenvalue weighted by molar-refractivity contribution is 5.95. The Balaban J connectivity index is 5.50. The molecule has 0 aromatic carbocycles. The summed E-state index contributed by atoms with van der Waals surface area (Å²) in [6, 6.07) is -6.45. The first-order valence-corrected chi connectivity index (χ1v) is 9.95. The van der Waals surface area contributed by atoms with Gasteiger partial charge in [-0.3, -0.25) is 28.8 Å². The standard InChI is InChI=1S/C18H29N5O11/c1-7(24)14(17(32)22-10(18(33)34)2-4-11(20)25)23-16(31)9(3-5-12(26)27)21-15(30)8(19)6-13(28)29/h7-10,14,24H,2-6,19H2,1H3,(H2,20,25)(H,21,30)(H,22,32)(H,23,31)(H,26,27)(H,28,29)(H,33,34). The van der Waals surface area contributed by atoms with E-state index in [0.29, 0.717) is 0 Å². The van der Waals surface area contributed by atoms with E-state index < -0.39 is 91.1 Å². The van der Waals surface area contributed by atoms with Crippen LogP contribution in [-0.2, 0) is 33.6 Å². The van der Waals surface area contributed by atoms with Crippen LogP contribution in [0.4, 0.5) is 0 Å². The highest BCUT2D eigenvalue weighted by Gasteiger charge is 2.33. The summed E-state index contributed by atoms with van der Waals surface area (Å²) in [7, 11) is 0. The minimum Gasteiger partial charge on any atom is -0.481 e. The van der Waals surface area contributed by atoms with Crippen LogP contribution in [0.25, 0.3) is 0 Å². The van der Waals surface area contributed by atoms with Gasteiger partial charge >= 0.3 is 17.9 Å². The van der Waals surface area contributed by atoms with Crippen molar-refractivity contribution in [3.05, 3.63) is 0 Å². The highest BCUT2D eigenvalue weighted by atomic mass is 16.4. The van der Waals surface area contributed by atoms with Gasteiger partial charge in [0.25, 0.3) is 0 Å². The number of hydrogen-bond acceptors (Lipinski definition) is 9. The van der Waals surface area contributed by atoms with Crippen molar-refractivity contribution in [1.29, 1.82) is 0 Å². The monoisotopic (exact) mass is 491 g/mol. The molecule has 16 heteroatoms. The number of hydrogen-bond donors (Lipinski definition) is 9. The molecule has 0 rings (SSSR count). The molecule has 16 nitrogen and oxygen atoms in total. The molecule has 0 aliphatic carbocycles. The van der Waals surface area contributed by atoms with Gasteiger partial charge in [-0.1, -0.05) is 0 Å². The first-order chi connectivity index (χ1) is 15.6. The molecule has 34 heavy (non-hydrogen) atoms. The molecule has 0 heterocycles. The molecule has 192 valence electrons. The molecule has 0 radical (unpaired) electrons. The third kappa shape index (κ3) is 11.7. The molecular formula is C18H29N5O11. The number of nitrogens with one attached hydrogen (secondary N) is 3. The van der Waals surface area contributed by atoms with Crippen LogP contribution in [-0.4, -0.2) is 92.2 Å². The zero-order valence-electron chi connectivity index (χ0n) is 18.2. The zero-order chi connectivity index (χ0) is 26.6. The third-order valence-electron chi connectivity index (χ3n) is 4.37. The zero-order valence-corrected chi connectivity index (χ0v) is 18.2. The second-order valence-electron chi connectivity index (χ2n) is 7.33. The summed E-state index contributed by atoms with van der Waals surface area (Å²) < 4.78 is 0. The number of aliphatic hydroxyl groups is 1. The Morgan fingerprint density at radius 2 is 1.29 bits per heavy atom. The highest BCUT2D eigenvalue weighted by Crippen LogP contribution is 2.04. The summed E-state index contributed by atoms with van der Waals surface area (Å²) in [4.78, 5) is 81.0.